The highest BCUT2D eigenvalue weighted by molar-refractivity contribution is 7.92. The molecule has 2 N–H and O–H groups in total. The number of methoxy groups -OCH3 is 2. The number of carboxylic acids is 1. The van der Waals surface area contributed by atoms with Crippen molar-refractivity contribution in [2.75, 3.05) is 18.9 Å². The summed E-state index contributed by atoms with van der Waals surface area (Å²) in [6.07, 6.45) is 0. The van der Waals surface area contributed by atoms with Gasteiger partial charge < -0.3 is 19.0 Å². The third kappa shape index (κ3) is 3.29. The molecule has 1 heterocycles. The summed E-state index contributed by atoms with van der Waals surface area (Å²) in [6.45, 7) is 0. The predicted molar refractivity (Wildman–Crippen MR) is 111 cm³/mol. The topological polar surface area (TPSA) is 115 Å². The number of nitrogens with one attached hydrogen (secondary N) is 1. The smallest absolute Gasteiger partial charge is 0.335 e. The van der Waals surface area contributed by atoms with E-state index in [1.54, 1.807) is 6.07 Å². The first-order valence-electron chi connectivity index (χ1n) is 8.77. The Kier molecular flexibility index (Phi) is 4.75. The number of anilines is 1. The summed E-state index contributed by atoms with van der Waals surface area (Å²) in [5, 5.41) is 10.9. The molecule has 4 aromatic rings. The van der Waals surface area contributed by atoms with Crippen LogP contribution in [0, 0.1) is 0 Å². The van der Waals surface area contributed by atoms with Crippen LogP contribution < -0.4 is 14.2 Å². The van der Waals surface area contributed by atoms with Crippen LogP contribution in [-0.4, -0.2) is 33.7 Å². The molecule has 154 valence electrons. The van der Waals surface area contributed by atoms with E-state index in [1.165, 1.54) is 32.4 Å². The number of carbonyl (C=O) groups is 1. The van der Waals surface area contributed by atoms with E-state index in [1.807, 2.05) is 24.3 Å². The second-order valence-electron chi connectivity index (χ2n) is 6.42. The minimum Gasteiger partial charge on any atom is -0.495 e. The number of rotatable bonds is 6. The molecule has 0 spiro atoms. The zero-order valence-electron chi connectivity index (χ0n) is 16.0. The van der Waals surface area contributed by atoms with E-state index in [9.17, 15) is 18.3 Å². The molecule has 0 atom stereocenters. The van der Waals surface area contributed by atoms with Crippen LogP contribution in [0.15, 0.2) is 63.9 Å². The quantitative estimate of drug-likeness (QED) is 0.476. The molecule has 0 aliphatic rings. The first kappa shape index (κ1) is 19.6. The second kappa shape index (κ2) is 7.27. The molecule has 0 fully saturated rings. The fraction of sp³-hybridized carbons (Fsp3) is 0.0952. The zero-order chi connectivity index (χ0) is 21.5. The van der Waals surface area contributed by atoms with Gasteiger partial charge >= 0.3 is 5.97 Å². The van der Waals surface area contributed by atoms with Gasteiger partial charge in [-0.05, 0) is 30.3 Å². The lowest BCUT2D eigenvalue weighted by Gasteiger charge is -2.14. The largest absolute Gasteiger partial charge is 0.495 e. The van der Waals surface area contributed by atoms with Crippen LogP contribution in [0.4, 0.5) is 5.69 Å². The molecule has 0 bridgehead atoms. The number of furan rings is 1. The van der Waals surface area contributed by atoms with Crippen molar-refractivity contribution < 1.29 is 32.2 Å². The van der Waals surface area contributed by atoms with E-state index in [-0.39, 0.29) is 27.6 Å². The van der Waals surface area contributed by atoms with Crippen molar-refractivity contribution in [2.45, 2.75) is 4.90 Å². The van der Waals surface area contributed by atoms with Gasteiger partial charge in [0.15, 0.2) is 0 Å². The molecule has 0 unspecified atom stereocenters. The van der Waals surface area contributed by atoms with Gasteiger partial charge in [0.25, 0.3) is 10.0 Å². The van der Waals surface area contributed by atoms with Crippen molar-refractivity contribution in [3.63, 3.8) is 0 Å². The normalized spacial score (nSPS) is 11.5. The lowest BCUT2D eigenvalue weighted by molar-refractivity contribution is 0.0696. The molecule has 0 aliphatic heterocycles. The van der Waals surface area contributed by atoms with Gasteiger partial charge in [0.1, 0.15) is 27.6 Å². The van der Waals surface area contributed by atoms with E-state index >= 15 is 0 Å². The summed E-state index contributed by atoms with van der Waals surface area (Å²) >= 11 is 0. The van der Waals surface area contributed by atoms with Crippen molar-refractivity contribution in [2.24, 2.45) is 0 Å². The first-order valence-corrected chi connectivity index (χ1v) is 10.3. The monoisotopic (exact) mass is 427 g/mol. The minimum absolute atomic E-state index is 0.0104. The number of fused-ring (bicyclic) bond motifs is 3. The van der Waals surface area contributed by atoms with E-state index in [4.69, 9.17) is 13.9 Å². The molecule has 3 aromatic carbocycles. The number of hydrogen-bond donors (Lipinski definition) is 2. The highest BCUT2D eigenvalue weighted by Gasteiger charge is 2.24. The zero-order valence-corrected chi connectivity index (χ0v) is 16.8. The first-order chi connectivity index (χ1) is 14.3. The van der Waals surface area contributed by atoms with Gasteiger partial charge in [-0.2, -0.15) is 0 Å². The third-order valence-electron chi connectivity index (χ3n) is 4.64. The van der Waals surface area contributed by atoms with E-state index in [2.05, 4.69) is 4.72 Å². The molecule has 0 aliphatic carbocycles. The summed E-state index contributed by atoms with van der Waals surface area (Å²) in [7, 11) is -1.48. The molecule has 1 aromatic heterocycles. The molecule has 0 amide bonds. The average Bonchev–Trinajstić information content (AvgIpc) is 3.09. The van der Waals surface area contributed by atoms with Crippen molar-refractivity contribution in [1.29, 1.82) is 0 Å². The highest BCUT2D eigenvalue weighted by Crippen LogP contribution is 2.38. The lowest BCUT2D eigenvalue weighted by atomic mass is 10.1. The average molecular weight is 427 g/mol. The molecule has 0 saturated carbocycles. The fourth-order valence-electron chi connectivity index (χ4n) is 3.22. The van der Waals surface area contributed by atoms with Gasteiger partial charge in [-0.1, -0.05) is 18.2 Å². The number of para-hydroxylation sites is 1. The number of hydrogen-bond acceptors (Lipinski definition) is 6. The van der Waals surface area contributed by atoms with Crippen molar-refractivity contribution >= 4 is 43.6 Å². The lowest BCUT2D eigenvalue weighted by Crippen LogP contribution is -2.15. The molecule has 0 radical (unpaired) electrons. The fourth-order valence-corrected chi connectivity index (χ4v) is 4.48. The predicted octanol–water partition coefficient (Wildman–Crippen LogP) is 4.10. The van der Waals surface area contributed by atoms with Gasteiger partial charge in [0, 0.05) is 16.8 Å². The summed E-state index contributed by atoms with van der Waals surface area (Å²) in [5.74, 6) is -0.961. The Morgan fingerprint density at radius 3 is 2.37 bits per heavy atom. The van der Waals surface area contributed by atoms with E-state index in [0.717, 1.165) is 16.8 Å². The minimum atomic E-state index is -4.20. The van der Waals surface area contributed by atoms with Gasteiger partial charge in [0.05, 0.1) is 25.5 Å². The maximum atomic E-state index is 13.1. The van der Waals surface area contributed by atoms with Gasteiger partial charge in [-0.3, -0.25) is 4.72 Å². The molecule has 9 heteroatoms. The molecular formula is C21H17NO7S. The molecule has 30 heavy (non-hydrogen) atoms. The number of aromatic carboxylic acids is 1. The standard InChI is InChI=1S/C21H17NO7S/c1-27-17-8-7-12(21(23)24)9-20(17)30(25,26)22-15-11-18-14(10-19(15)28-2)13-5-3-4-6-16(13)29-18/h3-11,22H,1-2H3,(H,23,24). The Bertz CT molecular complexity index is 1390. The van der Waals surface area contributed by atoms with E-state index < -0.39 is 16.0 Å². The maximum Gasteiger partial charge on any atom is 0.335 e. The third-order valence-corrected chi connectivity index (χ3v) is 6.03. The summed E-state index contributed by atoms with van der Waals surface area (Å²) in [6, 6.07) is 14.2. The van der Waals surface area contributed by atoms with Crippen LogP contribution in [0.3, 0.4) is 0 Å². The Hall–Kier alpha value is -3.72. The summed E-state index contributed by atoms with van der Waals surface area (Å²) in [5.41, 5.74) is 1.09. The van der Waals surface area contributed by atoms with Gasteiger partial charge in [0.2, 0.25) is 0 Å². The summed E-state index contributed by atoms with van der Waals surface area (Å²) in [4.78, 5) is 11.0. The van der Waals surface area contributed by atoms with E-state index in [0.29, 0.717) is 11.2 Å². The number of benzene rings is 3. The highest BCUT2D eigenvalue weighted by atomic mass is 32.2. The van der Waals surface area contributed by atoms with Crippen molar-refractivity contribution in [3.8, 4) is 11.5 Å². The Morgan fingerprint density at radius 1 is 0.933 bits per heavy atom. The van der Waals surface area contributed by atoms with Gasteiger partial charge in [-0.25, -0.2) is 13.2 Å². The van der Waals surface area contributed by atoms with Crippen LogP contribution in [0.2, 0.25) is 0 Å². The van der Waals surface area contributed by atoms with Crippen LogP contribution in [0.25, 0.3) is 21.9 Å². The molecule has 8 nitrogen and oxygen atoms in total. The van der Waals surface area contributed by atoms with Crippen molar-refractivity contribution in [1.82, 2.24) is 0 Å². The Morgan fingerprint density at radius 2 is 1.67 bits per heavy atom. The van der Waals surface area contributed by atoms with Crippen LogP contribution in [-0.2, 0) is 10.0 Å². The van der Waals surface area contributed by atoms with Crippen LogP contribution in [0.1, 0.15) is 10.4 Å². The van der Waals surface area contributed by atoms with Crippen LogP contribution >= 0.6 is 0 Å². The van der Waals surface area contributed by atoms with Crippen LogP contribution in [0.5, 0.6) is 11.5 Å². The summed E-state index contributed by atoms with van der Waals surface area (Å²) < 4.78 is 44.9. The SMILES string of the molecule is COc1cc2c(cc1NS(=O)(=O)c1cc(C(=O)O)ccc1OC)oc1ccccc12. The Labute approximate surface area is 171 Å². The number of sulfonamides is 1. The van der Waals surface area contributed by atoms with Crippen molar-refractivity contribution in [3.05, 3.63) is 60.2 Å². The number of ether oxygens (including phenoxy) is 2. The molecular weight excluding hydrogens is 410 g/mol. The molecule has 0 saturated heterocycles. The second-order valence-corrected chi connectivity index (χ2v) is 8.07. The Balaban J connectivity index is 1.84. The van der Waals surface area contributed by atoms with Gasteiger partial charge in [-0.15, -0.1) is 0 Å². The number of carboxylic acid groups (broad SMARTS) is 1. The maximum absolute atomic E-state index is 13.1. The molecule has 4 rings (SSSR count).